The third-order valence-electron chi connectivity index (χ3n) is 4.38. The number of nitrogens with zero attached hydrogens (tertiary/aromatic N) is 2. The average Bonchev–Trinajstić information content (AvgIpc) is 2.54. The van der Waals surface area contributed by atoms with E-state index in [1.54, 1.807) is 7.11 Å². The van der Waals surface area contributed by atoms with Crippen LogP contribution in [0.5, 0.6) is 5.75 Å². The second-order valence-corrected chi connectivity index (χ2v) is 6.26. The molecule has 0 radical (unpaired) electrons. The molecule has 1 fully saturated rings. The average molecular weight is 305 g/mol. The Morgan fingerprint density at radius 3 is 2.64 bits per heavy atom. The molecule has 0 atom stereocenters. The SMILES string of the molecule is CCCCNCc1ccc(CN2CCN(C)CC2)cc1OC. The smallest absolute Gasteiger partial charge is 0.123 e. The number of likely N-dealkylation sites (N-methyl/N-ethyl adjacent to an activating group) is 1. The lowest BCUT2D eigenvalue weighted by Crippen LogP contribution is -2.43. The molecule has 0 saturated carbocycles. The molecule has 1 aromatic rings. The molecule has 2 rings (SSSR count). The third-order valence-corrected chi connectivity index (χ3v) is 4.38. The summed E-state index contributed by atoms with van der Waals surface area (Å²) in [4.78, 5) is 4.91. The molecule has 0 bridgehead atoms. The van der Waals surface area contributed by atoms with Gasteiger partial charge in [-0.1, -0.05) is 25.5 Å². The van der Waals surface area contributed by atoms with E-state index in [0.717, 1.165) is 51.6 Å². The number of hydrogen-bond donors (Lipinski definition) is 1. The Kier molecular flexibility index (Phi) is 7.16. The van der Waals surface area contributed by atoms with E-state index in [4.69, 9.17) is 4.74 Å². The van der Waals surface area contributed by atoms with Crippen molar-refractivity contribution in [1.29, 1.82) is 0 Å². The molecule has 1 aliphatic rings. The number of methoxy groups -OCH3 is 1. The van der Waals surface area contributed by atoms with Crippen molar-refractivity contribution in [3.05, 3.63) is 29.3 Å². The van der Waals surface area contributed by atoms with Crippen LogP contribution >= 0.6 is 0 Å². The number of hydrogen-bond acceptors (Lipinski definition) is 4. The minimum absolute atomic E-state index is 0.887. The van der Waals surface area contributed by atoms with Crippen LogP contribution < -0.4 is 10.1 Å². The van der Waals surface area contributed by atoms with E-state index in [9.17, 15) is 0 Å². The van der Waals surface area contributed by atoms with Crippen LogP contribution in [0.2, 0.25) is 0 Å². The molecule has 0 spiro atoms. The highest BCUT2D eigenvalue weighted by Crippen LogP contribution is 2.21. The van der Waals surface area contributed by atoms with Crippen molar-refractivity contribution in [2.75, 3.05) is 46.9 Å². The monoisotopic (exact) mass is 305 g/mol. The minimum Gasteiger partial charge on any atom is -0.496 e. The van der Waals surface area contributed by atoms with E-state index in [0.29, 0.717) is 0 Å². The fourth-order valence-electron chi connectivity index (χ4n) is 2.82. The molecular formula is C18H31N3O. The summed E-state index contributed by atoms with van der Waals surface area (Å²) in [5, 5.41) is 3.49. The van der Waals surface area contributed by atoms with E-state index >= 15 is 0 Å². The molecule has 0 aliphatic carbocycles. The van der Waals surface area contributed by atoms with Crippen molar-refractivity contribution >= 4 is 0 Å². The fourth-order valence-corrected chi connectivity index (χ4v) is 2.82. The van der Waals surface area contributed by atoms with Gasteiger partial charge in [0, 0.05) is 44.8 Å². The van der Waals surface area contributed by atoms with Crippen LogP contribution in [0.3, 0.4) is 0 Å². The van der Waals surface area contributed by atoms with Gasteiger partial charge in [0.15, 0.2) is 0 Å². The van der Waals surface area contributed by atoms with Crippen LogP contribution in [0.4, 0.5) is 0 Å². The maximum atomic E-state index is 5.58. The van der Waals surface area contributed by atoms with E-state index in [1.165, 1.54) is 24.0 Å². The van der Waals surface area contributed by atoms with Crippen molar-refractivity contribution < 1.29 is 4.74 Å². The summed E-state index contributed by atoms with van der Waals surface area (Å²) >= 11 is 0. The highest BCUT2D eigenvalue weighted by Gasteiger charge is 2.14. The standard InChI is InChI=1S/C18H31N3O/c1-4-5-8-19-14-17-7-6-16(13-18(17)22-3)15-21-11-9-20(2)10-12-21/h6-7,13,19H,4-5,8-12,14-15H2,1-3H3. The van der Waals surface area contributed by atoms with Crippen molar-refractivity contribution in [3.63, 3.8) is 0 Å². The van der Waals surface area contributed by atoms with Crippen LogP contribution in [0.25, 0.3) is 0 Å². The molecule has 4 heteroatoms. The lowest BCUT2D eigenvalue weighted by Gasteiger charge is -2.32. The summed E-state index contributed by atoms with van der Waals surface area (Å²) in [6, 6.07) is 6.66. The van der Waals surface area contributed by atoms with Gasteiger partial charge in [0.25, 0.3) is 0 Å². The molecule has 22 heavy (non-hydrogen) atoms. The first-order chi connectivity index (χ1) is 10.7. The van der Waals surface area contributed by atoms with Crippen LogP contribution in [-0.2, 0) is 13.1 Å². The van der Waals surface area contributed by atoms with Crippen molar-refractivity contribution in [2.24, 2.45) is 0 Å². The summed E-state index contributed by atoms with van der Waals surface area (Å²) in [5.41, 5.74) is 2.60. The predicted octanol–water partition coefficient (Wildman–Crippen LogP) is 2.33. The summed E-state index contributed by atoms with van der Waals surface area (Å²) in [5.74, 6) is 1.01. The molecule has 0 unspecified atom stereocenters. The number of unbranched alkanes of at least 4 members (excludes halogenated alkanes) is 1. The largest absolute Gasteiger partial charge is 0.496 e. The van der Waals surface area contributed by atoms with Gasteiger partial charge in [0.05, 0.1) is 7.11 Å². The van der Waals surface area contributed by atoms with Crippen LogP contribution in [0.1, 0.15) is 30.9 Å². The zero-order valence-electron chi connectivity index (χ0n) is 14.4. The van der Waals surface area contributed by atoms with Gasteiger partial charge >= 0.3 is 0 Å². The maximum absolute atomic E-state index is 5.58. The Bertz CT molecular complexity index is 442. The molecule has 0 amide bonds. The van der Waals surface area contributed by atoms with E-state index in [-0.39, 0.29) is 0 Å². The first-order valence-electron chi connectivity index (χ1n) is 8.50. The van der Waals surface area contributed by atoms with E-state index < -0.39 is 0 Å². The number of piperazine rings is 1. The fraction of sp³-hybridized carbons (Fsp3) is 0.667. The lowest BCUT2D eigenvalue weighted by atomic mass is 10.1. The van der Waals surface area contributed by atoms with Gasteiger partial charge in [-0.15, -0.1) is 0 Å². The van der Waals surface area contributed by atoms with Crippen molar-refractivity contribution in [2.45, 2.75) is 32.9 Å². The lowest BCUT2D eigenvalue weighted by molar-refractivity contribution is 0.148. The third kappa shape index (κ3) is 5.27. The normalized spacial score (nSPS) is 16.9. The van der Waals surface area contributed by atoms with Gasteiger partial charge in [0.2, 0.25) is 0 Å². The highest BCUT2D eigenvalue weighted by atomic mass is 16.5. The Labute approximate surface area is 135 Å². The Balaban J connectivity index is 1.90. The van der Waals surface area contributed by atoms with Gasteiger partial charge in [0.1, 0.15) is 5.75 Å². The number of rotatable bonds is 8. The number of ether oxygens (including phenoxy) is 1. The van der Waals surface area contributed by atoms with Crippen LogP contribution in [0, 0.1) is 0 Å². The molecule has 4 nitrogen and oxygen atoms in total. The zero-order chi connectivity index (χ0) is 15.8. The van der Waals surface area contributed by atoms with E-state index in [2.05, 4.69) is 47.3 Å². The molecule has 124 valence electrons. The first kappa shape index (κ1) is 17.3. The number of nitrogens with one attached hydrogen (secondary N) is 1. The number of benzene rings is 1. The Morgan fingerprint density at radius 1 is 1.18 bits per heavy atom. The van der Waals surface area contributed by atoms with Crippen LogP contribution in [0.15, 0.2) is 18.2 Å². The maximum Gasteiger partial charge on any atom is 0.123 e. The van der Waals surface area contributed by atoms with Crippen molar-refractivity contribution in [1.82, 2.24) is 15.1 Å². The molecular weight excluding hydrogens is 274 g/mol. The molecule has 0 aromatic heterocycles. The summed E-state index contributed by atoms with van der Waals surface area (Å²) in [6.07, 6.45) is 2.46. The van der Waals surface area contributed by atoms with Gasteiger partial charge in [-0.2, -0.15) is 0 Å². The summed E-state index contributed by atoms with van der Waals surface area (Å²) in [7, 11) is 3.96. The van der Waals surface area contributed by atoms with Gasteiger partial charge in [-0.3, -0.25) is 4.90 Å². The molecule has 1 aliphatic heterocycles. The highest BCUT2D eigenvalue weighted by molar-refractivity contribution is 5.37. The van der Waals surface area contributed by atoms with E-state index in [1.807, 2.05) is 0 Å². The van der Waals surface area contributed by atoms with Gasteiger partial charge in [-0.05, 0) is 31.6 Å². The minimum atomic E-state index is 0.887. The predicted molar refractivity (Wildman–Crippen MR) is 92.4 cm³/mol. The zero-order valence-corrected chi connectivity index (χ0v) is 14.4. The quantitative estimate of drug-likeness (QED) is 0.746. The van der Waals surface area contributed by atoms with Gasteiger partial charge < -0.3 is 15.0 Å². The molecule has 1 saturated heterocycles. The summed E-state index contributed by atoms with van der Waals surface area (Å²) < 4.78 is 5.58. The molecule has 1 N–H and O–H groups in total. The second-order valence-electron chi connectivity index (χ2n) is 6.26. The molecule has 1 heterocycles. The summed E-state index contributed by atoms with van der Waals surface area (Å²) in [6.45, 7) is 9.83. The van der Waals surface area contributed by atoms with Gasteiger partial charge in [-0.25, -0.2) is 0 Å². The molecule has 1 aromatic carbocycles. The first-order valence-corrected chi connectivity index (χ1v) is 8.50. The van der Waals surface area contributed by atoms with Crippen LogP contribution in [-0.4, -0.2) is 56.7 Å². The Hall–Kier alpha value is -1.10. The second kappa shape index (κ2) is 9.13. The van der Waals surface area contributed by atoms with Crippen molar-refractivity contribution in [3.8, 4) is 5.75 Å². The Morgan fingerprint density at radius 2 is 1.95 bits per heavy atom. The topological polar surface area (TPSA) is 27.7 Å².